The first-order valence-corrected chi connectivity index (χ1v) is 3.75. The van der Waals surface area contributed by atoms with E-state index in [2.05, 4.69) is 0 Å². The van der Waals surface area contributed by atoms with Crippen LogP contribution in [0.1, 0.15) is 38.0 Å². The number of Topliss-reactive ketones (excluding diaryl/α,β-unsaturated/α-hetero) is 1. The molecule has 0 saturated heterocycles. The molecule has 0 fully saturated rings. The first kappa shape index (κ1) is 9.32. The average molecular weight is 176 g/mol. The van der Waals surface area contributed by atoms with Gasteiger partial charge < -0.3 is 0 Å². The fourth-order valence-corrected chi connectivity index (χ4v) is 1.12. The lowest BCUT2D eigenvalue weighted by atomic mass is 10.0. The molecule has 0 saturated carbocycles. The van der Waals surface area contributed by atoms with E-state index in [0.717, 1.165) is 0 Å². The van der Waals surface area contributed by atoms with Gasteiger partial charge in [-0.1, -0.05) is 18.2 Å². The van der Waals surface area contributed by atoms with E-state index in [1.165, 1.54) is 19.1 Å². The topological polar surface area (TPSA) is 51.2 Å². The van der Waals surface area contributed by atoms with Crippen molar-refractivity contribution < 1.29 is 14.4 Å². The second kappa shape index (κ2) is 3.76. The number of benzene rings is 1. The van der Waals surface area contributed by atoms with Crippen molar-refractivity contribution in [1.82, 2.24) is 0 Å². The molecule has 1 aromatic rings. The molecule has 0 N–H and O–H groups in total. The molecule has 0 radical (unpaired) electrons. The molecule has 0 unspecified atom stereocenters. The highest BCUT2D eigenvalue weighted by Gasteiger charge is 2.09. The molecule has 0 aliphatic carbocycles. The van der Waals surface area contributed by atoms with Gasteiger partial charge in [0.05, 0.1) is 0 Å². The summed E-state index contributed by atoms with van der Waals surface area (Å²) in [5.74, 6) is -0.217. The summed E-state index contributed by atoms with van der Waals surface area (Å²) in [7, 11) is 0. The zero-order valence-corrected chi connectivity index (χ0v) is 7.11. The number of carbonyl (C=O) groups excluding carboxylic acids is 3. The minimum Gasteiger partial charge on any atom is -0.298 e. The van der Waals surface area contributed by atoms with Crippen LogP contribution < -0.4 is 0 Å². The van der Waals surface area contributed by atoms with Crippen molar-refractivity contribution in [1.29, 1.82) is 0 Å². The third-order valence-corrected chi connectivity index (χ3v) is 1.76. The summed E-state index contributed by atoms with van der Waals surface area (Å²) in [6.07, 6.45) is 1.09. The van der Waals surface area contributed by atoms with Crippen molar-refractivity contribution in [2.24, 2.45) is 0 Å². The van der Waals surface area contributed by atoms with Crippen molar-refractivity contribution >= 4 is 18.4 Å². The summed E-state index contributed by atoms with van der Waals surface area (Å²) >= 11 is 0. The van der Waals surface area contributed by atoms with Gasteiger partial charge >= 0.3 is 0 Å². The normalized spacial score (nSPS) is 9.31. The van der Waals surface area contributed by atoms with Crippen LogP contribution in [0.5, 0.6) is 0 Å². The van der Waals surface area contributed by atoms with E-state index in [9.17, 15) is 14.4 Å². The van der Waals surface area contributed by atoms with E-state index in [-0.39, 0.29) is 16.9 Å². The first-order chi connectivity index (χ1) is 6.20. The molecular weight excluding hydrogens is 168 g/mol. The van der Waals surface area contributed by atoms with Crippen LogP contribution >= 0.6 is 0 Å². The Morgan fingerprint density at radius 1 is 1.23 bits per heavy atom. The highest BCUT2D eigenvalue weighted by Crippen LogP contribution is 2.11. The maximum Gasteiger partial charge on any atom is 0.160 e. The monoisotopic (exact) mass is 176 g/mol. The quantitative estimate of drug-likeness (QED) is 0.518. The molecule has 0 atom stereocenters. The maximum absolute atomic E-state index is 11.0. The number of carbonyl (C=O) groups is 3. The zero-order valence-electron chi connectivity index (χ0n) is 7.11. The van der Waals surface area contributed by atoms with Crippen LogP contribution in [0.2, 0.25) is 0 Å². The molecule has 1 rings (SSSR count). The predicted octanol–water partition coefficient (Wildman–Crippen LogP) is 1.51. The maximum atomic E-state index is 11.0. The van der Waals surface area contributed by atoms with Crippen LogP contribution in [-0.2, 0) is 0 Å². The number of aldehydes is 2. The summed E-state index contributed by atoms with van der Waals surface area (Å²) in [5, 5.41) is 0. The van der Waals surface area contributed by atoms with Crippen LogP contribution in [0.4, 0.5) is 0 Å². The van der Waals surface area contributed by atoms with E-state index < -0.39 is 0 Å². The minimum absolute atomic E-state index is 0.171. The van der Waals surface area contributed by atoms with E-state index in [1.54, 1.807) is 6.07 Å². The van der Waals surface area contributed by atoms with E-state index in [1.807, 2.05) is 0 Å². The lowest BCUT2D eigenvalue weighted by Crippen LogP contribution is -2.02. The van der Waals surface area contributed by atoms with E-state index in [0.29, 0.717) is 18.1 Å². The van der Waals surface area contributed by atoms with Crippen LogP contribution in [-0.4, -0.2) is 18.4 Å². The number of ketones is 1. The lowest BCUT2D eigenvalue weighted by Gasteiger charge is -2.01. The Morgan fingerprint density at radius 3 is 2.38 bits per heavy atom. The summed E-state index contributed by atoms with van der Waals surface area (Å²) in [4.78, 5) is 32.1. The number of rotatable bonds is 3. The molecule has 0 heterocycles. The SMILES string of the molecule is CC(=O)c1cccc(C=O)c1C=O. The molecule has 3 nitrogen and oxygen atoms in total. The largest absolute Gasteiger partial charge is 0.298 e. The van der Waals surface area contributed by atoms with Crippen molar-refractivity contribution in [2.45, 2.75) is 6.92 Å². The van der Waals surface area contributed by atoms with Crippen molar-refractivity contribution in [2.75, 3.05) is 0 Å². The van der Waals surface area contributed by atoms with Crippen LogP contribution in [0.3, 0.4) is 0 Å². The molecule has 0 aliphatic rings. The molecule has 66 valence electrons. The second-order valence-corrected chi connectivity index (χ2v) is 2.60. The summed E-state index contributed by atoms with van der Waals surface area (Å²) < 4.78 is 0. The van der Waals surface area contributed by atoms with Gasteiger partial charge in [0.15, 0.2) is 18.4 Å². The molecule has 0 spiro atoms. The molecule has 0 aliphatic heterocycles. The third kappa shape index (κ3) is 1.69. The standard InChI is InChI=1S/C10H8O3/c1-7(13)9-4-2-3-8(5-11)10(9)6-12/h2-6H,1H3. The molecule has 0 amide bonds. The fraction of sp³-hybridized carbons (Fsp3) is 0.100. The van der Waals surface area contributed by atoms with Gasteiger partial charge in [-0.3, -0.25) is 14.4 Å². The number of hydrogen-bond acceptors (Lipinski definition) is 3. The Morgan fingerprint density at radius 2 is 1.92 bits per heavy atom. The van der Waals surface area contributed by atoms with Crippen molar-refractivity contribution in [3.8, 4) is 0 Å². The average Bonchev–Trinajstić information content (AvgIpc) is 2.16. The summed E-state index contributed by atoms with van der Waals surface area (Å²) in [5.41, 5.74) is 0.715. The summed E-state index contributed by atoms with van der Waals surface area (Å²) in [6, 6.07) is 4.61. The van der Waals surface area contributed by atoms with Crippen molar-refractivity contribution in [3.63, 3.8) is 0 Å². The zero-order chi connectivity index (χ0) is 9.84. The van der Waals surface area contributed by atoms with Gasteiger partial charge in [0.2, 0.25) is 0 Å². The Hall–Kier alpha value is -1.77. The van der Waals surface area contributed by atoms with Gasteiger partial charge in [-0.25, -0.2) is 0 Å². The van der Waals surface area contributed by atoms with Gasteiger partial charge in [-0.2, -0.15) is 0 Å². The van der Waals surface area contributed by atoms with Gasteiger partial charge in [0, 0.05) is 16.7 Å². The Kier molecular flexibility index (Phi) is 2.69. The second-order valence-electron chi connectivity index (χ2n) is 2.60. The predicted molar refractivity (Wildman–Crippen MR) is 47.2 cm³/mol. The molecule has 3 heteroatoms. The smallest absolute Gasteiger partial charge is 0.160 e. The van der Waals surface area contributed by atoms with Gasteiger partial charge in [-0.15, -0.1) is 0 Å². The Balaban J connectivity index is 3.43. The third-order valence-electron chi connectivity index (χ3n) is 1.76. The van der Waals surface area contributed by atoms with E-state index >= 15 is 0 Å². The summed E-state index contributed by atoms with van der Waals surface area (Å²) in [6.45, 7) is 1.36. The van der Waals surface area contributed by atoms with Gasteiger partial charge in [0.25, 0.3) is 0 Å². The van der Waals surface area contributed by atoms with Gasteiger partial charge in [0.1, 0.15) is 0 Å². The molecular formula is C10H8O3. The van der Waals surface area contributed by atoms with E-state index in [4.69, 9.17) is 0 Å². The van der Waals surface area contributed by atoms with Crippen LogP contribution in [0.15, 0.2) is 18.2 Å². The molecule has 13 heavy (non-hydrogen) atoms. The Labute approximate surface area is 75.4 Å². The van der Waals surface area contributed by atoms with Crippen molar-refractivity contribution in [3.05, 3.63) is 34.9 Å². The fourth-order valence-electron chi connectivity index (χ4n) is 1.12. The highest BCUT2D eigenvalue weighted by atomic mass is 16.1. The molecule has 1 aromatic carbocycles. The lowest BCUT2D eigenvalue weighted by molar-refractivity contribution is 0.100. The van der Waals surface area contributed by atoms with Gasteiger partial charge in [-0.05, 0) is 6.92 Å². The molecule has 0 bridgehead atoms. The van der Waals surface area contributed by atoms with Crippen LogP contribution in [0, 0.1) is 0 Å². The highest BCUT2D eigenvalue weighted by molar-refractivity contribution is 6.05. The molecule has 0 aromatic heterocycles. The Bertz CT molecular complexity index is 366. The van der Waals surface area contributed by atoms with Crippen LogP contribution in [0.25, 0.3) is 0 Å². The first-order valence-electron chi connectivity index (χ1n) is 3.75. The minimum atomic E-state index is -0.217. The number of hydrogen-bond donors (Lipinski definition) is 0.